The van der Waals surface area contributed by atoms with E-state index in [2.05, 4.69) is 21.2 Å². The van der Waals surface area contributed by atoms with Gasteiger partial charge in [-0.2, -0.15) is 0 Å². The van der Waals surface area contributed by atoms with Crippen molar-refractivity contribution in [3.8, 4) is 5.75 Å². The fourth-order valence-electron chi connectivity index (χ4n) is 2.42. The van der Waals surface area contributed by atoms with Crippen molar-refractivity contribution >= 4 is 21.8 Å². The number of carbonyl (C=O) groups excluding carboxylic acids is 1. The number of hydrogen-bond acceptors (Lipinski definition) is 4. The van der Waals surface area contributed by atoms with Crippen molar-refractivity contribution in [1.82, 2.24) is 15.1 Å². The third kappa shape index (κ3) is 4.69. The molecule has 0 unspecified atom stereocenters. The van der Waals surface area contributed by atoms with Crippen LogP contribution in [0.5, 0.6) is 5.75 Å². The predicted molar refractivity (Wildman–Crippen MR) is 86.5 cm³/mol. The molecule has 0 spiro atoms. The van der Waals surface area contributed by atoms with Crippen molar-refractivity contribution in [1.29, 1.82) is 0 Å². The molecular formula is C15H22BrN3O2. The average Bonchev–Trinajstić information content (AvgIpc) is 2.48. The zero-order valence-corrected chi connectivity index (χ0v) is 14.1. The Morgan fingerprint density at radius 2 is 2.14 bits per heavy atom. The number of nitrogens with zero attached hydrogens (tertiary/aromatic N) is 2. The Hall–Kier alpha value is -1.11. The van der Waals surface area contributed by atoms with Crippen LogP contribution >= 0.6 is 15.9 Å². The fraction of sp³-hybridized carbons (Fsp3) is 0.533. The molecule has 1 fully saturated rings. The molecule has 0 aromatic heterocycles. The number of likely N-dealkylation sites (N-methyl/N-ethyl adjacent to an activating group) is 1. The number of nitrogens with one attached hydrogen (secondary N) is 1. The van der Waals surface area contributed by atoms with E-state index < -0.39 is 0 Å². The minimum Gasteiger partial charge on any atom is -0.496 e. The van der Waals surface area contributed by atoms with Crippen molar-refractivity contribution in [2.45, 2.75) is 6.54 Å². The van der Waals surface area contributed by atoms with Gasteiger partial charge in [0.2, 0.25) is 5.91 Å². The number of rotatable bonds is 5. The van der Waals surface area contributed by atoms with Crippen LogP contribution in [0.15, 0.2) is 22.7 Å². The highest BCUT2D eigenvalue weighted by molar-refractivity contribution is 9.10. The van der Waals surface area contributed by atoms with Crippen LogP contribution < -0.4 is 10.1 Å². The number of carbonyl (C=O) groups is 1. The van der Waals surface area contributed by atoms with Crippen molar-refractivity contribution in [2.75, 3.05) is 46.9 Å². The Bertz CT molecular complexity index is 490. The maximum absolute atomic E-state index is 12.2. The topological polar surface area (TPSA) is 44.8 Å². The van der Waals surface area contributed by atoms with E-state index >= 15 is 0 Å². The molecule has 0 atom stereocenters. The third-order valence-corrected chi connectivity index (χ3v) is 4.16. The second kappa shape index (κ2) is 7.77. The molecule has 0 radical (unpaired) electrons. The minimum absolute atomic E-state index is 0.201. The normalized spacial score (nSPS) is 15.3. The smallest absolute Gasteiger partial charge is 0.236 e. The zero-order chi connectivity index (χ0) is 15.2. The van der Waals surface area contributed by atoms with Crippen LogP contribution in [0.4, 0.5) is 0 Å². The highest BCUT2D eigenvalue weighted by atomic mass is 79.9. The molecule has 0 bridgehead atoms. The van der Waals surface area contributed by atoms with Gasteiger partial charge in [0.15, 0.2) is 0 Å². The summed E-state index contributed by atoms with van der Waals surface area (Å²) >= 11 is 3.49. The van der Waals surface area contributed by atoms with Gasteiger partial charge in [-0.3, -0.25) is 9.69 Å². The van der Waals surface area contributed by atoms with Crippen LogP contribution in [0.3, 0.4) is 0 Å². The van der Waals surface area contributed by atoms with Gasteiger partial charge in [-0.15, -0.1) is 0 Å². The molecule has 116 valence electrons. The van der Waals surface area contributed by atoms with E-state index in [0.29, 0.717) is 6.54 Å². The highest BCUT2D eigenvalue weighted by Gasteiger charge is 2.17. The second-order valence-electron chi connectivity index (χ2n) is 5.27. The minimum atomic E-state index is 0.201. The summed E-state index contributed by atoms with van der Waals surface area (Å²) in [5.41, 5.74) is 1.15. The van der Waals surface area contributed by atoms with Gasteiger partial charge in [0, 0.05) is 32.7 Å². The van der Waals surface area contributed by atoms with E-state index in [-0.39, 0.29) is 5.91 Å². The predicted octanol–water partition coefficient (Wildman–Crippen LogP) is 1.32. The average molecular weight is 356 g/mol. The van der Waals surface area contributed by atoms with Gasteiger partial charge in [0.05, 0.1) is 18.1 Å². The number of methoxy groups -OCH3 is 1. The van der Waals surface area contributed by atoms with Gasteiger partial charge in [-0.25, -0.2) is 0 Å². The Kier molecular flexibility index (Phi) is 6.02. The quantitative estimate of drug-likeness (QED) is 0.865. The molecule has 1 saturated heterocycles. The fourth-order valence-corrected chi connectivity index (χ4v) is 3.01. The Morgan fingerprint density at radius 1 is 1.43 bits per heavy atom. The Labute approximate surface area is 134 Å². The third-order valence-electron chi connectivity index (χ3n) is 3.54. The summed E-state index contributed by atoms with van der Waals surface area (Å²) in [4.78, 5) is 16.2. The Morgan fingerprint density at radius 3 is 2.76 bits per heavy atom. The SMILES string of the molecule is COc1ccc(CN(C)CC(=O)N2CCNCC2)cc1Br. The van der Waals surface area contributed by atoms with E-state index in [1.54, 1.807) is 7.11 Å². The summed E-state index contributed by atoms with van der Waals surface area (Å²) in [6, 6.07) is 5.99. The number of amides is 1. The van der Waals surface area contributed by atoms with Crippen LogP contribution in [0.1, 0.15) is 5.56 Å². The molecule has 6 heteroatoms. The molecule has 1 amide bonds. The number of hydrogen-bond donors (Lipinski definition) is 1. The molecule has 1 heterocycles. The monoisotopic (exact) mass is 355 g/mol. The van der Waals surface area contributed by atoms with Gasteiger partial charge in [0.1, 0.15) is 5.75 Å². The lowest BCUT2D eigenvalue weighted by Gasteiger charge is -2.29. The molecule has 2 rings (SSSR count). The number of piperazine rings is 1. The summed E-state index contributed by atoms with van der Waals surface area (Å²) in [5, 5.41) is 3.26. The standard InChI is InChI=1S/C15H22BrN3O2/c1-18(11-15(20)19-7-5-17-6-8-19)10-12-3-4-14(21-2)13(16)9-12/h3-4,9,17H,5-8,10-11H2,1-2H3. The second-order valence-corrected chi connectivity index (χ2v) is 6.13. The van der Waals surface area contributed by atoms with Gasteiger partial charge in [0.25, 0.3) is 0 Å². The van der Waals surface area contributed by atoms with Gasteiger partial charge in [-0.05, 0) is 40.7 Å². The molecule has 1 aliphatic heterocycles. The van der Waals surface area contributed by atoms with Crippen molar-refractivity contribution in [2.24, 2.45) is 0 Å². The van der Waals surface area contributed by atoms with Crippen molar-refractivity contribution < 1.29 is 9.53 Å². The van der Waals surface area contributed by atoms with Crippen molar-refractivity contribution in [3.05, 3.63) is 28.2 Å². The summed E-state index contributed by atoms with van der Waals surface area (Å²) in [5.74, 6) is 1.02. The number of benzene rings is 1. The first-order chi connectivity index (χ1) is 10.1. The first-order valence-electron chi connectivity index (χ1n) is 7.09. The van der Waals surface area contributed by atoms with Gasteiger partial charge in [-0.1, -0.05) is 6.07 Å². The lowest BCUT2D eigenvalue weighted by molar-refractivity contribution is -0.132. The summed E-state index contributed by atoms with van der Waals surface area (Å²) < 4.78 is 6.16. The lowest BCUT2D eigenvalue weighted by atomic mass is 10.2. The molecular weight excluding hydrogens is 334 g/mol. The first kappa shape index (κ1) is 16.3. The molecule has 0 saturated carbocycles. The molecule has 1 aliphatic rings. The maximum atomic E-state index is 12.2. The van der Waals surface area contributed by atoms with Crippen LogP contribution in [0.2, 0.25) is 0 Å². The molecule has 5 nitrogen and oxygen atoms in total. The van der Waals surface area contributed by atoms with Crippen LogP contribution in [-0.2, 0) is 11.3 Å². The van der Waals surface area contributed by atoms with Crippen LogP contribution in [0.25, 0.3) is 0 Å². The number of halogens is 1. The van der Waals surface area contributed by atoms with Crippen LogP contribution in [-0.4, -0.2) is 62.6 Å². The molecule has 1 aromatic carbocycles. The zero-order valence-electron chi connectivity index (χ0n) is 12.6. The summed E-state index contributed by atoms with van der Waals surface area (Å²) in [6.45, 7) is 4.58. The van der Waals surface area contributed by atoms with E-state index in [1.807, 2.05) is 35.0 Å². The van der Waals surface area contributed by atoms with Crippen LogP contribution in [0, 0.1) is 0 Å². The largest absolute Gasteiger partial charge is 0.496 e. The van der Waals surface area contributed by atoms with E-state index in [1.165, 1.54) is 0 Å². The van der Waals surface area contributed by atoms with E-state index in [0.717, 1.165) is 48.5 Å². The van der Waals surface area contributed by atoms with Gasteiger partial charge >= 0.3 is 0 Å². The van der Waals surface area contributed by atoms with Crippen molar-refractivity contribution in [3.63, 3.8) is 0 Å². The molecule has 21 heavy (non-hydrogen) atoms. The molecule has 0 aliphatic carbocycles. The lowest BCUT2D eigenvalue weighted by Crippen LogP contribution is -2.49. The Balaban J connectivity index is 1.87. The van der Waals surface area contributed by atoms with E-state index in [9.17, 15) is 4.79 Å². The van der Waals surface area contributed by atoms with E-state index in [4.69, 9.17) is 4.74 Å². The molecule has 1 N–H and O–H groups in total. The summed E-state index contributed by atoms with van der Waals surface area (Å²) in [7, 11) is 3.62. The summed E-state index contributed by atoms with van der Waals surface area (Å²) in [6.07, 6.45) is 0. The van der Waals surface area contributed by atoms with Gasteiger partial charge < -0.3 is 15.0 Å². The first-order valence-corrected chi connectivity index (χ1v) is 7.89. The maximum Gasteiger partial charge on any atom is 0.236 e. The highest BCUT2D eigenvalue weighted by Crippen LogP contribution is 2.25. The number of ether oxygens (including phenoxy) is 1. The molecule has 1 aromatic rings.